The number of fused-ring (bicyclic) bond motifs is 2. The maximum absolute atomic E-state index is 12.9. The predicted octanol–water partition coefficient (Wildman–Crippen LogP) is 4.93. The van der Waals surface area contributed by atoms with E-state index in [4.69, 9.17) is 14.2 Å². The molecule has 0 bridgehead atoms. The molecular weight excluding hydrogens is 534 g/mol. The molecule has 3 N–H and O–H groups in total. The van der Waals surface area contributed by atoms with E-state index in [2.05, 4.69) is 30.8 Å². The molecule has 0 aliphatic rings. The van der Waals surface area contributed by atoms with E-state index in [1.54, 1.807) is 33.5 Å². The van der Waals surface area contributed by atoms with E-state index in [0.717, 1.165) is 27.5 Å². The van der Waals surface area contributed by atoms with Gasteiger partial charge in [-0.1, -0.05) is 30.3 Å². The number of anilines is 2. The summed E-state index contributed by atoms with van der Waals surface area (Å²) >= 11 is 0. The zero-order chi connectivity index (χ0) is 29.1. The number of H-pyrrole nitrogens is 1. The molecule has 0 aliphatic carbocycles. The van der Waals surface area contributed by atoms with E-state index in [0.29, 0.717) is 46.9 Å². The lowest BCUT2D eigenvalue weighted by molar-refractivity contribution is -0.120. The van der Waals surface area contributed by atoms with Gasteiger partial charge in [-0.2, -0.15) is 0 Å². The molecule has 3 aromatic heterocycles. The van der Waals surface area contributed by atoms with Crippen LogP contribution in [0.5, 0.6) is 17.2 Å². The Kier molecular flexibility index (Phi) is 7.29. The number of carbonyl (C=O) groups excluding carboxylic acids is 1. The number of benzene rings is 3. The molecule has 42 heavy (non-hydrogen) atoms. The van der Waals surface area contributed by atoms with Gasteiger partial charge < -0.3 is 29.8 Å². The number of methoxy groups -OCH3 is 3. The number of aromatic amines is 1. The average molecular weight is 564 g/mol. The second kappa shape index (κ2) is 11.5. The molecule has 0 atom stereocenters. The number of nitrogens with zero attached hydrogens (tertiary/aromatic N) is 4. The first-order chi connectivity index (χ1) is 20.6. The molecule has 3 heterocycles. The summed E-state index contributed by atoms with van der Waals surface area (Å²) in [5.74, 6) is 3.32. The molecule has 11 nitrogen and oxygen atoms in total. The molecule has 0 saturated heterocycles. The summed E-state index contributed by atoms with van der Waals surface area (Å²) in [5.41, 5.74) is 4.33. The minimum atomic E-state index is -0.102. The quantitative estimate of drug-likeness (QED) is 0.214. The van der Waals surface area contributed by atoms with Crippen LogP contribution in [-0.4, -0.2) is 52.0 Å². The van der Waals surface area contributed by atoms with Crippen molar-refractivity contribution in [1.82, 2.24) is 30.0 Å². The van der Waals surface area contributed by atoms with Crippen molar-refractivity contribution in [1.29, 1.82) is 0 Å². The Morgan fingerprint density at radius 2 is 1.67 bits per heavy atom. The van der Waals surface area contributed by atoms with E-state index in [1.807, 2.05) is 71.4 Å². The van der Waals surface area contributed by atoms with E-state index < -0.39 is 0 Å². The number of hydrogen-bond donors (Lipinski definition) is 3. The molecule has 0 fully saturated rings. The number of rotatable bonds is 10. The molecule has 11 heteroatoms. The van der Waals surface area contributed by atoms with Crippen molar-refractivity contribution in [2.75, 3.05) is 26.6 Å². The fourth-order valence-electron chi connectivity index (χ4n) is 4.91. The number of para-hydroxylation sites is 3. The summed E-state index contributed by atoms with van der Waals surface area (Å²) in [7, 11) is 4.69. The molecule has 3 aromatic carbocycles. The topological polar surface area (TPSA) is 128 Å². The van der Waals surface area contributed by atoms with Crippen molar-refractivity contribution in [3.8, 4) is 23.1 Å². The van der Waals surface area contributed by atoms with Gasteiger partial charge >= 0.3 is 0 Å². The Morgan fingerprint density at radius 1 is 0.905 bits per heavy atom. The Bertz CT molecular complexity index is 1820. The number of aromatic nitrogens is 5. The van der Waals surface area contributed by atoms with Crippen LogP contribution >= 0.6 is 0 Å². The molecule has 6 aromatic rings. The van der Waals surface area contributed by atoms with Crippen molar-refractivity contribution in [3.63, 3.8) is 0 Å². The van der Waals surface area contributed by atoms with Crippen LogP contribution in [0, 0.1) is 0 Å². The van der Waals surface area contributed by atoms with Gasteiger partial charge in [-0.15, -0.1) is 10.2 Å². The summed E-state index contributed by atoms with van der Waals surface area (Å²) in [6, 6.07) is 23.0. The molecule has 0 radical (unpaired) electrons. The number of amides is 1. The lowest BCUT2D eigenvalue weighted by atomic mass is 10.1. The van der Waals surface area contributed by atoms with E-state index in [1.165, 1.54) is 0 Å². The predicted molar refractivity (Wildman–Crippen MR) is 160 cm³/mol. The monoisotopic (exact) mass is 563 g/mol. The van der Waals surface area contributed by atoms with Gasteiger partial charge in [0.15, 0.2) is 23.1 Å². The maximum Gasteiger partial charge on any atom is 0.224 e. The largest absolute Gasteiger partial charge is 0.493 e. The highest BCUT2D eigenvalue weighted by Gasteiger charge is 2.16. The number of hydrogen-bond acceptors (Lipinski definition) is 8. The van der Waals surface area contributed by atoms with Crippen LogP contribution in [0.25, 0.3) is 27.8 Å². The van der Waals surface area contributed by atoms with Gasteiger partial charge in [0.1, 0.15) is 5.82 Å². The van der Waals surface area contributed by atoms with Crippen molar-refractivity contribution in [2.24, 2.45) is 0 Å². The SMILES string of the molecule is COc1cc(Nc2ccc(-n3cc(CC(=O)NCc4nc5ccccc5[nH]4)c4ccccc43)nn2)cc(OC)c1OC. The summed E-state index contributed by atoms with van der Waals surface area (Å²) in [4.78, 5) is 20.7. The highest BCUT2D eigenvalue weighted by molar-refractivity contribution is 5.90. The molecule has 1 amide bonds. The van der Waals surface area contributed by atoms with Crippen LogP contribution in [0.15, 0.2) is 79.0 Å². The van der Waals surface area contributed by atoms with Crippen LogP contribution in [0.3, 0.4) is 0 Å². The third-order valence-corrected chi connectivity index (χ3v) is 6.87. The molecule has 0 saturated carbocycles. The van der Waals surface area contributed by atoms with Gasteiger partial charge in [-0.3, -0.25) is 9.36 Å². The minimum absolute atomic E-state index is 0.102. The lowest BCUT2D eigenvalue weighted by Gasteiger charge is -2.14. The Morgan fingerprint density at radius 3 is 2.38 bits per heavy atom. The summed E-state index contributed by atoms with van der Waals surface area (Å²) in [6.07, 6.45) is 2.14. The van der Waals surface area contributed by atoms with Gasteiger partial charge in [0.25, 0.3) is 0 Å². The zero-order valence-corrected chi connectivity index (χ0v) is 23.3. The molecule has 0 aliphatic heterocycles. The van der Waals surface area contributed by atoms with Crippen molar-refractivity contribution < 1.29 is 19.0 Å². The molecule has 212 valence electrons. The minimum Gasteiger partial charge on any atom is -0.493 e. The first kappa shape index (κ1) is 26.6. The molecule has 0 spiro atoms. The maximum atomic E-state index is 12.9. The van der Waals surface area contributed by atoms with Crippen LogP contribution < -0.4 is 24.8 Å². The number of ether oxygens (including phenoxy) is 3. The first-order valence-corrected chi connectivity index (χ1v) is 13.3. The average Bonchev–Trinajstić information content (AvgIpc) is 3.61. The highest BCUT2D eigenvalue weighted by Crippen LogP contribution is 2.40. The van der Waals surface area contributed by atoms with Crippen molar-refractivity contribution >= 4 is 39.3 Å². The zero-order valence-electron chi connectivity index (χ0n) is 23.3. The molecular formula is C31H29N7O4. The number of imidazole rings is 1. The van der Waals surface area contributed by atoms with E-state index in [-0.39, 0.29) is 12.3 Å². The van der Waals surface area contributed by atoms with Gasteiger partial charge in [-0.05, 0) is 35.9 Å². The normalized spacial score (nSPS) is 11.0. The summed E-state index contributed by atoms with van der Waals surface area (Å²) < 4.78 is 18.2. The first-order valence-electron chi connectivity index (χ1n) is 13.3. The Hall–Kier alpha value is -5.58. The fourth-order valence-corrected chi connectivity index (χ4v) is 4.91. The summed E-state index contributed by atoms with van der Waals surface area (Å²) in [5, 5.41) is 16.0. The Balaban J connectivity index is 1.19. The van der Waals surface area contributed by atoms with Gasteiger partial charge in [0.2, 0.25) is 11.7 Å². The highest BCUT2D eigenvalue weighted by atomic mass is 16.5. The smallest absolute Gasteiger partial charge is 0.224 e. The molecule has 0 unspecified atom stereocenters. The molecule has 6 rings (SSSR count). The van der Waals surface area contributed by atoms with Gasteiger partial charge in [-0.25, -0.2) is 4.98 Å². The standard InChI is InChI=1S/C31H29N7O4/c1-40-25-15-20(16-26(41-2)31(25)42-3)33-27-12-13-29(37-36-27)38-18-19(21-8-4-7-11-24(21)38)14-30(39)32-17-28-34-22-9-5-6-10-23(22)35-28/h4-13,15-16,18H,14,17H2,1-3H3,(H,32,39)(H,33,36)(H,34,35). The van der Waals surface area contributed by atoms with Crippen LogP contribution in [0.2, 0.25) is 0 Å². The van der Waals surface area contributed by atoms with Gasteiger partial charge in [0, 0.05) is 29.4 Å². The van der Waals surface area contributed by atoms with E-state index in [9.17, 15) is 4.79 Å². The third kappa shape index (κ3) is 5.27. The van der Waals surface area contributed by atoms with Gasteiger partial charge in [0.05, 0.1) is 50.8 Å². The summed E-state index contributed by atoms with van der Waals surface area (Å²) in [6.45, 7) is 0.317. The number of nitrogens with one attached hydrogen (secondary N) is 3. The number of carbonyl (C=O) groups is 1. The fraction of sp³-hybridized carbons (Fsp3) is 0.161. The van der Waals surface area contributed by atoms with Crippen LogP contribution in [0.1, 0.15) is 11.4 Å². The van der Waals surface area contributed by atoms with Crippen LogP contribution in [-0.2, 0) is 17.8 Å². The second-order valence-electron chi connectivity index (χ2n) is 9.51. The van der Waals surface area contributed by atoms with Crippen molar-refractivity contribution in [3.05, 3.63) is 90.4 Å². The van der Waals surface area contributed by atoms with Crippen molar-refractivity contribution in [2.45, 2.75) is 13.0 Å². The Labute approximate surface area is 241 Å². The van der Waals surface area contributed by atoms with E-state index >= 15 is 0 Å². The lowest BCUT2D eigenvalue weighted by Crippen LogP contribution is -2.25. The second-order valence-corrected chi connectivity index (χ2v) is 9.51. The third-order valence-electron chi connectivity index (χ3n) is 6.87. The van der Waals surface area contributed by atoms with Crippen LogP contribution in [0.4, 0.5) is 11.5 Å².